The van der Waals surface area contributed by atoms with Crippen LogP contribution in [0.5, 0.6) is 0 Å². The first kappa shape index (κ1) is 15.4. The second-order valence-corrected chi connectivity index (χ2v) is 5.86. The Bertz CT molecular complexity index is 637. The highest BCUT2D eigenvalue weighted by atomic mass is 16.1. The minimum absolute atomic E-state index is 0.00438. The first-order valence-corrected chi connectivity index (χ1v) is 7.38. The smallest absolute Gasteiger partial charge is 0.252 e. The number of amides is 1. The average molecular weight is 285 g/mol. The number of benzene rings is 1. The standard InChI is InChI=1S/C17H23N3O/c1-11(2)8-13(10-18)20-17(21)15-9-12(3)19-16-7-5-4-6-14(15)16/h4-7,9,11,13H,8,10,18H2,1-3H3,(H,20,21). The van der Waals surface area contributed by atoms with Crippen molar-refractivity contribution >= 4 is 16.8 Å². The number of hydrogen-bond acceptors (Lipinski definition) is 3. The Hall–Kier alpha value is -1.94. The van der Waals surface area contributed by atoms with E-state index in [9.17, 15) is 4.79 Å². The lowest BCUT2D eigenvalue weighted by molar-refractivity contribution is 0.0935. The molecule has 0 fully saturated rings. The van der Waals surface area contributed by atoms with Gasteiger partial charge < -0.3 is 11.1 Å². The summed E-state index contributed by atoms with van der Waals surface area (Å²) < 4.78 is 0. The van der Waals surface area contributed by atoms with Gasteiger partial charge in [-0.3, -0.25) is 9.78 Å². The third-order valence-corrected chi connectivity index (χ3v) is 3.46. The first-order valence-electron chi connectivity index (χ1n) is 7.38. The molecule has 1 amide bonds. The second-order valence-electron chi connectivity index (χ2n) is 5.86. The topological polar surface area (TPSA) is 68.0 Å². The summed E-state index contributed by atoms with van der Waals surface area (Å²) in [6, 6.07) is 9.54. The summed E-state index contributed by atoms with van der Waals surface area (Å²) >= 11 is 0. The summed E-state index contributed by atoms with van der Waals surface area (Å²) in [5.74, 6) is 0.419. The van der Waals surface area contributed by atoms with E-state index in [2.05, 4.69) is 24.1 Å². The quantitative estimate of drug-likeness (QED) is 0.887. The van der Waals surface area contributed by atoms with Gasteiger partial charge in [-0.05, 0) is 31.4 Å². The Labute approximate surface area is 125 Å². The molecule has 1 unspecified atom stereocenters. The fraction of sp³-hybridized carbons (Fsp3) is 0.412. The maximum Gasteiger partial charge on any atom is 0.252 e. The molecular weight excluding hydrogens is 262 g/mol. The number of aryl methyl sites for hydroxylation is 1. The van der Waals surface area contributed by atoms with Crippen LogP contribution in [0.1, 0.15) is 36.3 Å². The molecular formula is C17H23N3O. The van der Waals surface area contributed by atoms with Crippen molar-refractivity contribution in [1.29, 1.82) is 0 Å². The van der Waals surface area contributed by atoms with E-state index in [0.717, 1.165) is 23.0 Å². The second kappa shape index (κ2) is 6.68. The summed E-state index contributed by atoms with van der Waals surface area (Å²) in [6.07, 6.45) is 0.879. The number of carbonyl (C=O) groups is 1. The predicted molar refractivity (Wildman–Crippen MR) is 86.2 cm³/mol. The number of rotatable bonds is 5. The molecule has 1 heterocycles. The molecule has 0 saturated heterocycles. The van der Waals surface area contributed by atoms with Gasteiger partial charge in [-0.15, -0.1) is 0 Å². The van der Waals surface area contributed by atoms with Gasteiger partial charge in [0, 0.05) is 23.7 Å². The highest BCUT2D eigenvalue weighted by molar-refractivity contribution is 6.06. The van der Waals surface area contributed by atoms with Gasteiger partial charge in [0.1, 0.15) is 0 Å². The molecule has 2 rings (SSSR count). The molecule has 0 aliphatic carbocycles. The average Bonchev–Trinajstić information content (AvgIpc) is 2.44. The van der Waals surface area contributed by atoms with E-state index in [1.54, 1.807) is 0 Å². The first-order chi connectivity index (χ1) is 10.0. The van der Waals surface area contributed by atoms with E-state index < -0.39 is 0 Å². The van der Waals surface area contributed by atoms with Crippen molar-refractivity contribution in [1.82, 2.24) is 10.3 Å². The Morgan fingerprint density at radius 3 is 2.71 bits per heavy atom. The van der Waals surface area contributed by atoms with E-state index >= 15 is 0 Å². The van der Waals surface area contributed by atoms with E-state index in [4.69, 9.17) is 5.73 Å². The highest BCUT2D eigenvalue weighted by Crippen LogP contribution is 2.18. The number of nitrogens with two attached hydrogens (primary N) is 1. The largest absolute Gasteiger partial charge is 0.348 e. The SMILES string of the molecule is Cc1cc(C(=O)NC(CN)CC(C)C)c2ccccc2n1. The van der Waals surface area contributed by atoms with E-state index in [1.807, 2.05) is 37.3 Å². The lowest BCUT2D eigenvalue weighted by Gasteiger charge is -2.19. The van der Waals surface area contributed by atoms with Crippen molar-refractivity contribution < 1.29 is 4.79 Å². The van der Waals surface area contributed by atoms with Crippen LogP contribution in [0.3, 0.4) is 0 Å². The Morgan fingerprint density at radius 2 is 2.05 bits per heavy atom. The molecule has 112 valence electrons. The van der Waals surface area contributed by atoms with Crippen LogP contribution in [0.15, 0.2) is 30.3 Å². The molecule has 0 spiro atoms. The highest BCUT2D eigenvalue weighted by Gasteiger charge is 2.16. The van der Waals surface area contributed by atoms with Crippen molar-refractivity contribution in [2.45, 2.75) is 33.2 Å². The Morgan fingerprint density at radius 1 is 1.33 bits per heavy atom. The van der Waals surface area contributed by atoms with Gasteiger partial charge in [-0.25, -0.2) is 0 Å². The van der Waals surface area contributed by atoms with Crippen LogP contribution in [-0.4, -0.2) is 23.5 Å². The van der Waals surface area contributed by atoms with Crippen LogP contribution in [0.4, 0.5) is 0 Å². The Kier molecular flexibility index (Phi) is 4.91. The summed E-state index contributed by atoms with van der Waals surface area (Å²) in [5, 5.41) is 3.92. The number of nitrogens with zero attached hydrogens (tertiary/aromatic N) is 1. The number of fused-ring (bicyclic) bond motifs is 1. The van der Waals surface area contributed by atoms with Crippen molar-refractivity contribution in [2.24, 2.45) is 11.7 Å². The molecule has 2 aromatic rings. The minimum Gasteiger partial charge on any atom is -0.348 e. The van der Waals surface area contributed by atoms with Crippen molar-refractivity contribution in [3.05, 3.63) is 41.6 Å². The molecule has 21 heavy (non-hydrogen) atoms. The zero-order valence-electron chi connectivity index (χ0n) is 12.9. The van der Waals surface area contributed by atoms with Gasteiger partial charge >= 0.3 is 0 Å². The molecule has 4 nitrogen and oxygen atoms in total. The Balaban J connectivity index is 2.30. The third kappa shape index (κ3) is 3.79. The molecule has 0 aliphatic heterocycles. The lowest BCUT2D eigenvalue weighted by atomic mass is 10.0. The van der Waals surface area contributed by atoms with Gasteiger partial charge in [0.2, 0.25) is 0 Å². The van der Waals surface area contributed by atoms with Crippen LogP contribution in [0.25, 0.3) is 10.9 Å². The van der Waals surface area contributed by atoms with E-state index in [1.165, 1.54) is 0 Å². The molecule has 0 saturated carbocycles. The van der Waals surface area contributed by atoms with E-state index in [0.29, 0.717) is 18.0 Å². The van der Waals surface area contributed by atoms with Crippen LogP contribution in [0.2, 0.25) is 0 Å². The van der Waals surface area contributed by atoms with Gasteiger partial charge in [0.05, 0.1) is 11.1 Å². The number of para-hydroxylation sites is 1. The number of hydrogen-bond donors (Lipinski definition) is 2. The lowest BCUT2D eigenvalue weighted by Crippen LogP contribution is -2.41. The number of nitrogens with one attached hydrogen (secondary N) is 1. The fourth-order valence-corrected chi connectivity index (χ4v) is 2.54. The minimum atomic E-state index is -0.0761. The molecule has 1 atom stereocenters. The van der Waals surface area contributed by atoms with Gasteiger partial charge in [-0.1, -0.05) is 32.0 Å². The number of carbonyl (C=O) groups excluding carboxylic acids is 1. The summed E-state index contributed by atoms with van der Waals surface area (Å²) in [5.41, 5.74) is 8.11. The molecule has 0 aliphatic rings. The van der Waals surface area contributed by atoms with E-state index in [-0.39, 0.29) is 11.9 Å². The monoisotopic (exact) mass is 285 g/mol. The number of pyridine rings is 1. The molecule has 0 radical (unpaired) electrons. The zero-order valence-corrected chi connectivity index (χ0v) is 12.9. The maximum absolute atomic E-state index is 12.6. The van der Waals surface area contributed by atoms with Crippen LogP contribution < -0.4 is 11.1 Å². The number of aromatic nitrogens is 1. The van der Waals surface area contributed by atoms with Gasteiger partial charge in [0.15, 0.2) is 0 Å². The normalized spacial score (nSPS) is 12.6. The summed E-state index contributed by atoms with van der Waals surface area (Å²) in [6.45, 7) is 6.60. The van der Waals surface area contributed by atoms with Crippen molar-refractivity contribution in [3.8, 4) is 0 Å². The van der Waals surface area contributed by atoms with Crippen LogP contribution >= 0.6 is 0 Å². The maximum atomic E-state index is 12.6. The van der Waals surface area contributed by atoms with Crippen molar-refractivity contribution in [2.75, 3.05) is 6.54 Å². The van der Waals surface area contributed by atoms with Crippen LogP contribution in [0, 0.1) is 12.8 Å². The van der Waals surface area contributed by atoms with Gasteiger partial charge in [0.25, 0.3) is 5.91 Å². The summed E-state index contributed by atoms with van der Waals surface area (Å²) in [7, 11) is 0. The summed E-state index contributed by atoms with van der Waals surface area (Å²) in [4.78, 5) is 17.0. The zero-order chi connectivity index (χ0) is 15.4. The molecule has 3 N–H and O–H groups in total. The van der Waals surface area contributed by atoms with Gasteiger partial charge in [-0.2, -0.15) is 0 Å². The molecule has 1 aromatic heterocycles. The molecule has 0 bridgehead atoms. The van der Waals surface area contributed by atoms with Crippen LogP contribution in [-0.2, 0) is 0 Å². The fourth-order valence-electron chi connectivity index (χ4n) is 2.54. The molecule has 4 heteroatoms. The van der Waals surface area contributed by atoms with Crippen molar-refractivity contribution in [3.63, 3.8) is 0 Å². The predicted octanol–water partition coefficient (Wildman–Crippen LogP) is 2.65. The third-order valence-electron chi connectivity index (χ3n) is 3.46. The molecule has 1 aromatic carbocycles.